The van der Waals surface area contributed by atoms with Crippen LogP contribution in [0.25, 0.3) is 10.2 Å². The summed E-state index contributed by atoms with van der Waals surface area (Å²) in [5, 5.41) is 3.36. The predicted molar refractivity (Wildman–Crippen MR) is 161 cm³/mol. The molecule has 0 spiro atoms. The molecule has 4 rings (SSSR count). The highest BCUT2D eigenvalue weighted by Crippen LogP contribution is 2.40. The molecule has 0 saturated carbocycles. The largest absolute Gasteiger partial charge is 0.465 e. The number of hydrogen-bond acceptors (Lipinski definition) is 10. The summed E-state index contributed by atoms with van der Waals surface area (Å²) in [6, 6.07) is 5.23. The molecule has 1 atom stereocenters. The van der Waals surface area contributed by atoms with Crippen LogP contribution in [-0.2, 0) is 43.2 Å². The van der Waals surface area contributed by atoms with Crippen LogP contribution in [0.3, 0.4) is 0 Å². The molecule has 0 fully saturated rings. The fourth-order valence-electron chi connectivity index (χ4n) is 4.59. The lowest BCUT2D eigenvalue weighted by atomic mass is 9.88. The molecule has 0 radical (unpaired) electrons. The lowest BCUT2D eigenvalue weighted by Gasteiger charge is -2.18. The molecular formula is C28H33N3O7S3. The number of amides is 2. The highest BCUT2D eigenvalue weighted by Gasteiger charge is 2.29. The highest BCUT2D eigenvalue weighted by atomic mass is 32.2. The number of esters is 2. The van der Waals surface area contributed by atoms with Crippen LogP contribution in [0.2, 0.25) is 0 Å². The zero-order valence-electron chi connectivity index (χ0n) is 23.4. The van der Waals surface area contributed by atoms with Crippen LogP contribution in [0.4, 0.5) is 5.00 Å². The van der Waals surface area contributed by atoms with Gasteiger partial charge in [0.25, 0.3) is 5.91 Å². The molecule has 0 saturated heterocycles. The smallest absolute Gasteiger partial charge is 0.341 e. The van der Waals surface area contributed by atoms with E-state index in [0.717, 1.165) is 51.7 Å². The number of rotatable bonds is 11. The van der Waals surface area contributed by atoms with Gasteiger partial charge in [0, 0.05) is 18.5 Å². The molecule has 13 heteroatoms. The number of carbonyl (C=O) groups is 4. The molecule has 0 aliphatic heterocycles. The normalized spacial score (nSPS) is 15.0. The van der Waals surface area contributed by atoms with Gasteiger partial charge in [0.15, 0.2) is 4.80 Å². The maximum atomic E-state index is 12.8. The topological polar surface area (TPSA) is 125 Å². The van der Waals surface area contributed by atoms with Crippen molar-refractivity contribution in [2.24, 2.45) is 10.9 Å². The number of methoxy groups -OCH3 is 2. The van der Waals surface area contributed by atoms with Gasteiger partial charge in [-0.25, -0.2) is 9.59 Å². The molecule has 10 nitrogen and oxygen atoms in total. The van der Waals surface area contributed by atoms with E-state index < -0.39 is 11.9 Å². The number of hydrogen-bond donors (Lipinski definition) is 1. The van der Waals surface area contributed by atoms with E-state index in [0.29, 0.717) is 40.0 Å². The van der Waals surface area contributed by atoms with Gasteiger partial charge in [-0.15, -0.1) is 23.1 Å². The Kier molecular flexibility index (Phi) is 10.8. The zero-order valence-corrected chi connectivity index (χ0v) is 25.9. The number of benzene rings is 1. The maximum Gasteiger partial charge on any atom is 0.341 e. The van der Waals surface area contributed by atoms with Gasteiger partial charge in [-0.05, 0) is 55.9 Å². The summed E-state index contributed by atoms with van der Waals surface area (Å²) in [5.41, 5.74) is 2.67. The Morgan fingerprint density at radius 3 is 2.68 bits per heavy atom. The number of thiophene rings is 1. The Bertz CT molecular complexity index is 1520. The summed E-state index contributed by atoms with van der Waals surface area (Å²) in [6.07, 6.45) is 2.64. The van der Waals surface area contributed by atoms with E-state index in [1.54, 1.807) is 26.2 Å². The van der Waals surface area contributed by atoms with Crippen LogP contribution in [0.1, 0.15) is 51.4 Å². The van der Waals surface area contributed by atoms with E-state index >= 15 is 0 Å². The lowest BCUT2D eigenvalue weighted by molar-refractivity contribution is -0.115. The molecule has 3 aromatic rings. The van der Waals surface area contributed by atoms with Gasteiger partial charge in [-0.2, -0.15) is 4.99 Å². The van der Waals surface area contributed by atoms with Crippen LogP contribution in [0.15, 0.2) is 23.2 Å². The summed E-state index contributed by atoms with van der Waals surface area (Å²) in [4.78, 5) is 56.1. The first-order valence-corrected chi connectivity index (χ1v) is 16.0. The van der Waals surface area contributed by atoms with Crippen LogP contribution >= 0.6 is 34.4 Å². The van der Waals surface area contributed by atoms with E-state index in [4.69, 9.17) is 14.2 Å². The van der Waals surface area contributed by atoms with Gasteiger partial charge in [0.1, 0.15) is 5.00 Å². The molecule has 220 valence electrons. The number of ether oxygens (including phenoxy) is 3. The Hall–Kier alpha value is -3.00. The number of thiazole rings is 1. The third kappa shape index (κ3) is 7.45. The average Bonchev–Trinajstić information content (AvgIpc) is 3.47. The Balaban J connectivity index is 1.44. The number of carbonyl (C=O) groups excluding carboxylic acids is 4. The molecule has 1 aliphatic rings. The number of nitrogens with one attached hydrogen (secondary N) is 1. The molecule has 1 aromatic carbocycles. The minimum absolute atomic E-state index is 0.00231. The molecule has 2 amide bonds. The second-order valence-corrected chi connectivity index (χ2v) is 12.6. The average molecular weight is 620 g/mol. The van der Waals surface area contributed by atoms with Crippen LogP contribution in [-0.4, -0.2) is 67.3 Å². The van der Waals surface area contributed by atoms with Crippen LogP contribution in [0, 0.1) is 5.92 Å². The van der Waals surface area contributed by atoms with Gasteiger partial charge in [-0.3, -0.25) is 9.59 Å². The Morgan fingerprint density at radius 2 is 1.95 bits per heavy atom. The molecule has 1 aliphatic carbocycles. The minimum atomic E-state index is -0.450. The summed E-state index contributed by atoms with van der Waals surface area (Å²) >= 11 is 3.87. The minimum Gasteiger partial charge on any atom is -0.465 e. The lowest BCUT2D eigenvalue weighted by Crippen LogP contribution is -2.20. The molecule has 2 aromatic heterocycles. The zero-order chi connectivity index (χ0) is 29.5. The number of thioether (sulfide) groups is 1. The van der Waals surface area contributed by atoms with E-state index in [2.05, 4.69) is 17.2 Å². The van der Waals surface area contributed by atoms with Crippen molar-refractivity contribution in [3.8, 4) is 0 Å². The van der Waals surface area contributed by atoms with Crippen LogP contribution in [0.5, 0.6) is 0 Å². The first-order chi connectivity index (χ1) is 19.7. The number of anilines is 1. The second-order valence-electron chi connectivity index (χ2n) is 9.53. The van der Waals surface area contributed by atoms with E-state index in [9.17, 15) is 19.2 Å². The fraction of sp³-hybridized carbons (Fsp3) is 0.464. The fourth-order valence-corrected chi connectivity index (χ4v) is 7.71. The summed E-state index contributed by atoms with van der Waals surface area (Å²) < 4.78 is 18.0. The van der Waals surface area contributed by atoms with Crippen molar-refractivity contribution in [3.63, 3.8) is 0 Å². The standard InChI is InChI=1S/C28H33N3O7S3/c1-5-38-26(34)17-7-9-19-21(13-17)41-28(31(19)10-11-36-3)30-23(33)15-39-14-22(32)29-25-24(27(35)37-4)18-8-6-16(2)12-20(18)40-25/h7,9,13,16H,5-6,8,10-12,14-15H2,1-4H3,(H,29,32). The molecule has 1 N–H and O–H groups in total. The number of nitrogens with zero attached hydrogens (tertiary/aromatic N) is 2. The van der Waals surface area contributed by atoms with Gasteiger partial charge in [-0.1, -0.05) is 18.3 Å². The monoisotopic (exact) mass is 619 g/mol. The highest BCUT2D eigenvalue weighted by molar-refractivity contribution is 8.00. The summed E-state index contributed by atoms with van der Waals surface area (Å²) in [6.45, 7) is 5.10. The molecule has 0 bridgehead atoms. The van der Waals surface area contributed by atoms with Gasteiger partial charge in [0.2, 0.25) is 5.91 Å². The maximum absolute atomic E-state index is 12.8. The molecule has 2 heterocycles. The quantitative estimate of drug-likeness (QED) is 0.315. The van der Waals surface area contributed by atoms with E-state index in [1.807, 2.05) is 10.6 Å². The van der Waals surface area contributed by atoms with Gasteiger partial charge in [0.05, 0.1) is 53.2 Å². The van der Waals surface area contributed by atoms with Crippen molar-refractivity contribution in [2.75, 3.05) is 44.3 Å². The van der Waals surface area contributed by atoms with Crippen molar-refractivity contribution in [3.05, 3.63) is 44.6 Å². The molecule has 41 heavy (non-hydrogen) atoms. The summed E-state index contributed by atoms with van der Waals surface area (Å²) in [7, 11) is 2.93. The van der Waals surface area contributed by atoms with Crippen molar-refractivity contribution in [1.29, 1.82) is 0 Å². The molecular weight excluding hydrogens is 587 g/mol. The van der Waals surface area contributed by atoms with E-state index in [-0.39, 0.29) is 29.9 Å². The van der Waals surface area contributed by atoms with Gasteiger partial charge < -0.3 is 24.1 Å². The number of aromatic nitrogens is 1. The van der Waals surface area contributed by atoms with Crippen molar-refractivity contribution in [1.82, 2.24) is 4.57 Å². The first kappa shape index (κ1) is 30.9. The SMILES string of the molecule is CCOC(=O)c1ccc2c(c1)sc(=NC(=O)CSCC(=O)Nc1sc3c(c1C(=O)OC)CCC(C)C3)n2CCOC. The van der Waals surface area contributed by atoms with Crippen molar-refractivity contribution in [2.45, 2.75) is 39.7 Å². The van der Waals surface area contributed by atoms with Crippen molar-refractivity contribution >= 4 is 73.4 Å². The summed E-state index contributed by atoms with van der Waals surface area (Å²) in [5.74, 6) is -0.999. The van der Waals surface area contributed by atoms with Crippen molar-refractivity contribution < 1.29 is 33.4 Å². The Labute approximate surface area is 250 Å². The van der Waals surface area contributed by atoms with E-state index in [1.165, 1.54) is 29.8 Å². The molecule has 1 unspecified atom stereocenters. The first-order valence-electron chi connectivity index (χ1n) is 13.2. The third-order valence-electron chi connectivity index (χ3n) is 6.55. The number of fused-ring (bicyclic) bond motifs is 2. The predicted octanol–water partition coefficient (Wildman–Crippen LogP) is 4.30. The van der Waals surface area contributed by atoms with Gasteiger partial charge >= 0.3 is 11.9 Å². The Morgan fingerprint density at radius 1 is 1.15 bits per heavy atom. The third-order valence-corrected chi connectivity index (χ3v) is 9.67. The second kappa shape index (κ2) is 14.3. The van der Waals surface area contributed by atoms with Crippen LogP contribution < -0.4 is 10.1 Å².